The fourth-order valence-electron chi connectivity index (χ4n) is 2.67. The number of nitro benzene ring substituents is 1. The Hall–Kier alpha value is -3.15. The first-order chi connectivity index (χ1) is 11.6. The molecule has 1 aliphatic heterocycles. The molecule has 1 aliphatic rings. The van der Waals surface area contributed by atoms with Crippen molar-refractivity contribution in [2.24, 2.45) is 0 Å². The third-order valence-corrected chi connectivity index (χ3v) is 3.82. The van der Waals surface area contributed by atoms with E-state index in [4.69, 9.17) is 4.74 Å². The van der Waals surface area contributed by atoms with Gasteiger partial charge in [0.05, 0.1) is 23.1 Å². The van der Waals surface area contributed by atoms with E-state index in [1.54, 1.807) is 18.2 Å². The fraction of sp³-hybridized carbons (Fsp3) is 0.167. The van der Waals surface area contributed by atoms with Gasteiger partial charge in [-0.05, 0) is 18.2 Å². The Labute approximate surface area is 138 Å². The minimum absolute atomic E-state index is 0.0297. The largest absolute Gasteiger partial charge is 0.493 e. The van der Waals surface area contributed by atoms with Crippen LogP contribution in [0.5, 0.6) is 5.75 Å². The number of amides is 1. The molecule has 0 saturated heterocycles. The lowest BCUT2D eigenvalue weighted by Gasteiger charge is -2.26. The number of ether oxygens (including phenoxy) is 1. The quantitative estimate of drug-likeness (QED) is 0.532. The van der Waals surface area contributed by atoms with Crippen LogP contribution >= 0.6 is 0 Å². The SMILES string of the molecule is O=C(/C=C/c1ccccc1[N+](=O)[O-])NC1CCOc2ccccc21. The van der Waals surface area contributed by atoms with E-state index in [1.165, 1.54) is 18.2 Å². The summed E-state index contributed by atoms with van der Waals surface area (Å²) in [5.74, 6) is 0.478. The Morgan fingerprint density at radius 3 is 2.79 bits per heavy atom. The van der Waals surface area contributed by atoms with E-state index in [2.05, 4.69) is 5.32 Å². The molecule has 1 unspecified atom stereocenters. The van der Waals surface area contributed by atoms with E-state index in [-0.39, 0.29) is 17.6 Å². The molecule has 2 aromatic rings. The molecule has 0 radical (unpaired) electrons. The lowest BCUT2D eigenvalue weighted by Crippen LogP contribution is -2.30. The average Bonchev–Trinajstić information content (AvgIpc) is 2.60. The molecule has 0 fully saturated rings. The third kappa shape index (κ3) is 3.43. The summed E-state index contributed by atoms with van der Waals surface area (Å²) >= 11 is 0. The summed E-state index contributed by atoms with van der Waals surface area (Å²) in [6.07, 6.45) is 3.46. The van der Waals surface area contributed by atoms with Crippen LogP contribution in [-0.2, 0) is 4.79 Å². The molecule has 0 saturated carbocycles. The van der Waals surface area contributed by atoms with Crippen LogP contribution in [0.4, 0.5) is 5.69 Å². The van der Waals surface area contributed by atoms with Crippen LogP contribution in [0.1, 0.15) is 23.6 Å². The van der Waals surface area contributed by atoms with Crippen molar-refractivity contribution in [2.45, 2.75) is 12.5 Å². The van der Waals surface area contributed by atoms with E-state index in [0.29, 0.717) is 18.6 Å². The van der Waals surface area contributed by atoms with Gasteiger partial charge in [0, 0.05) is 24.1 Å². The second kappa shape index (κ2) is 6.95. The van der Waals surface area contributed by atoms with Crippen molar-refractivity contribution in [3.05, 3.63) is 75.8 Å². The predicted molar refractivity (Wildman–Crippen MR) is 89.6 cm³/mol. The zero-order valence-electron chi connectivity index (χ0n) is 12.8. The summed E-state index contributed by atoms with van der Waals surface area (Å²) in [5, 5.41) is 13.9. The van der Waals surface area contributed by atoms with Crippen molar-refractivity contribution in [1.82, 2.24) is 5.32 Å². The monoisotopic (exact) mass is 324 g/mol. The lowest BCUT2D eigenvalue weighted by molar-refractivity contribution is -0.385. The summed E-state index contributed by atoms with van der Waals surface area (Å²) in [6.45, 7) is 0.538. The van der Waals surface area contributed by atoms with Crippen LogP contribution in [0.15, 0.2) is 54.6 Å². The van der Waals surface area contributed by atoms with Gasteiger partial charge in [-0.1, -0.05) is 30.3 Å². The van der Waals surface area contributed by atoms with Crippen LogP contribution in [0.3, 0.4) is 0 Å². The number of benzene rings is 2. The summed E-state index contributed by atoms with van der Waals surface area (Å²) in [5.41, 5.74) is 1.30. The predicted octanol–water partition coefficient (Wildman–Crippen LogP) is 3.25. The third-order valence-electron chi connectivity index (χ3n) is 3.82. The van der Waals surface area contributed by atoms with Gasteiger partial charge < -0.3 is 10.1 Å². The van der Waals surface area contributed by atoms with E-state index >= 15 is 0 Å². The molecule has 1 amide bonds. The van der Waals surface area contributed by atoms with Crippen molar-refractivity contribution in [1.29, 1.82) is 0 Å². The van der Waals surface area contributed by atoms with Crippen LogP contribution in [-0.4, -0.2) is 17.4 Å². The number of hydrogen-bond donors (Lipinski definition) is 1. The molecule has 2 aromatic carbocycles. The molecule has 1 atom stereocenters. The minimum Gasteiger partial charge on any atom is -0.493 e. The molecule has 122 valence electrons. The van der Waals surface area contributed by atoms with E-state index in [0.717, 1.165) is 11.3 Å². The molecule has 0 bridgehead atoms. The summed E-state index contributed by atoms with van der Waals surface area (Å²) < 4.78 is 5.56. The standard InChI is InChI=1S/C18H16N2O4/c21-18(10-9-13-5-1-3-7-16(13)20(22)23)19-15-11-12-24-17-8-4-2-6-14(15)17/h1-10,15H,11-12H2,(H,19,21)/b10-9+. The molecule has 1 heterocycles. The number of fused-ring (bicyclic) bond motifs is 1. The molecule has 0 spiro atoms. The zero-order chi connectivity index (χ0) is 16.9. The van der Waals surface area contributed by atoms with E-state index < -0.39 is 4.92 Å². The first-order valence-electron chi connectivity index (χ1n) is 7.59. The van der Waals surface area contributed by atoms with Crippen molar-refractivity contribution in [3.8, 4) is 5.75 Å². The molecule has 6 nitrogen and oxygen atoms in total. The zero-order valence-corrected chi connectivity index (χ0v) is 12.8. The number of nitro groups is 1. The van der Waals surface area contributed by atoms with Crippen molar-refractivity contribution >= 4 is 17.7 Å². The molecular formula is C18H16N2O4. The highest BCUT2D eigenvalue weighted by Gasteiger charge is 2.21. The van der Waals surface area contributed by atoms with Gasteiger partial charge in [0.1, 0.15) is 5.75 Å². The summed E-state index contributed by atoms with van der Waals surface area (Å²) in [7, 11) is 0. The van der Waals surface area contributed by atoms with Crippen LogP contribution in [0, 0.1) is 10.1 Å². The Balaban J connectivity index is 1.72. The Bertz CT molecular complexity index is 801. The number of rotatable bonds is 4. The summed E-state index contributed by atoms with van der Waals surface area (Å²) in [4.78, 5) is 22.7. The van der Waals surface area contributed by atoms with Gasteiger partial charge in [-0.2, -0.15) is 0 Å². The van der Waals surface area contributed by atoms with Gasteiger partial charge in [0.2, 0.25) is 5.91 Å². The highest BCUT2D eigenvalue weighted by molar-refractivity contribution is 5.92. The molecule has 3 rings (SSSR count). The van der Waals surface area contributed by atoms with Crippen LogP contribution in [0.2, 0.25) is 0 Å². The molecule has 6 heteroatoms. The number of carbonyl (C=O) groups excluding carboxylic acids is 1. The highest BCUT2D eigenvalue weighted by atomic mass is 16.6. The van der Waals surface area contributed by atoms with Gasteiger partial charge in [-0.25, -0.2) is 0 Å². The van der Waals surface area contributed by atoms with Gasteiger partial charge in [-0.15, -0.1) is 0 Å². The van der Waals surface area contributed by atoms with Gasteiger partial charge in [0.25, 0.3) is 5.69 Å². The van der Waals surface area contributed by atoms with Gasteiger partial charge >= 0.3 is 0 Å². The number of nitrogens with zero attached hydrogens (tertiary/aromatic N) is 1. The molecule has 0 aliphatic carbocycles. The Morgan fingerprint density at radius 1 is 1.21 bits per heavy atom. The number of carbonyl (C=O) groups is 1. The van der Waals surface area contributed by atoms with Crippen molar-refractivity contribution in [2.75, 3.05) is 6.61 Å². The number of hydrogen-bond acceptors (Lipinski definition) is 4. The average molecular weight is 324 g/mol. The van der Waals surface area contributed by atoms with Gasteiger partial charge in [-0.3, -0.25) is 14.9 Å². The van der Waals surface area contributed by atoms with E-state index in [9.17, 15) is 14.9 Å². The molecule has 1 N–H and O–H groups in total. The highest BCUT2D eigenvalue weighted by Crippen LogP contribution is 2.31. The Morgan fingerprint density at radius 2 is 1.96 bits per heavy atom. The lowest BCUT2D eigenvalue weighted by atomic mass is 10.0. The summed E-state index contributed by atoms with van der Waals surface area (Å²) in [6, 6.07) is 13.7. The number of para-hydroxylation sites is 2. The maximum atomic E-state index is 12.2. The maximum absolute atomic E-state index is 12.2. The molecular weight excluding hydrogens is 308 g/mol. The fourth-order valence-corrected chi connectivity index (χ4v) is 2.67. The van der Waals surface area contributed by atoms with Crippen LogP contribution < -0.4 is 10.1 Å². The topological polar surface area (TPSA) is 81.5 Å². The first kappa shape index (κ1) is 15.7. The first-order valence-corrected chi connectivity index (χ1v) is 7.59. The number of nitrogens with one attached hydrogen (secondary N) is 1. The van der Waals surface area contributed by atoms with Gasteiger partial charge in [0.15, 0.2) is 0 Å². The Kier molecular flexibility index (Phi) is 4.56. The minimum atomic E-state index is -0.466. The molecule has 0 aromatic heterocycles. The second-order valence-corrected chi connectivity index (χ2v) is 5.39. The van der Waals surface area contributed by atoms with Crippen LogP contribution in [0.25, 0.3) is 6.08 Å². The van der Waals surface area contributed by atoms with Crippen molar-refractivity contribution in [3.63, 3.8) is 0 Å². The maximum Gasteiger partial charge on any atom is 0.276 e. The second-order valence-electron chi connectivity index (χ2n) is 5.39. The van der Waals surface area contributed by atoms with E-state index in [1.807, 2.05) is 24.3 Å². The molecule has 24 heavy (non-hydrogen) atoms. The smallest absolute Gasteiger partial charge is 0.276 e. The van der Waals surface area contributed by atoms with Crippen molar-refractivity contribution < 1.29 is 14.5 Å². The normalized spacial score (nSPS) is 16.2.